The Bertz CT molecular complexity index is 513. The monoisotopic (exact) mass is 277 g/mol. The fourth-order valence-corrected chi connectivity index (χ4v) is 1.52. The van der Waals surface area contributed by atoms with Crippen LogP contribution >= 0.6 is 0 Å². The van der Waals surface area contributed by atoms with Crippen molar-refractivity contribution in [2.45, 2.75) is 19.0 Å². The molecule has 0 bridgehead atoms. The first-order valence-corrected chi connectivity index (χ1v) is 5.11. The molecule has 1 unspecified atom stereocenters. The number of benzene rings is 1. The zero-order valence-electron chi connectivity index (χ0n) is 10.0. The molecule has 8 heteroatoms. The highest BCUT2D eigenvalue weighted by Gasteiger charge is 2.39. The van der Waals surface area contributed by atoms with Gasteiger partial charge in [0.2, 0.25) is 0 Å². The standard InChI is InChI=1S/C11H10F3NO4/c1-6(10(16)19-2)7-3-4-9(15(17)18)8(5-7)11(12,13)14/h3-6H,1-2H3. The second kappa shape index (κ2) is 5.25. The topological polar surface area (TPSA) is 69.4 Å². The van der Waals surface area contributed by atoms with E-state index in [9.17, 15) is 28.1 Å². The lowest BCUT2D eigenvalue weighted by molar-refractivity contribution is -0.388. The number of nitro benzene ring substituents is 1. The molecule has 19 heavy (non-hydrogen) atoms. The van der Waals surface area contributed by atoms with Gasteiger partial charge in [-0.1, -0.05) is 6.07 Å². The number of nitrogens with zero attached hydrogens (tertiary/aromatic N) is 1. The van der Waals surface area contributed by atoms with Crippen LogP contribution in [0.15, 0.2) is 18.2 Å². The first kappa shape index (κ1) is 14.9. The number of hydrogen-bond donors (Lipinski definition) is 0. The zero-order chi connectivity index (χ0) is 14.8. The van der Waals surface area contributed by atoms with Gasteiger partial charge in [0.15, 0.2) is 0 Å². The Labute approximate surface area is 106 Å². The molecule has 0 aliphatic rings. The summed E-state index contributed by atoms with van der Waals surface area (Å²) in [6.07, 6.45) is -4.87. The summed E-state index contributed by atoms with van der Waals surface area (Å²) in [4.78, 5) is 20.7. The second-order valence-corrected chi connectivity index (χ2v) is 3.78. The molecule has 0 spiro atoms. The predicted molar refractivity (Wildman–Crippen MR) is 58.5 cm³/mol. The highest BCUT2D eigenvalue weighted by Crippen LogP contribution is 2.37. The highest BCUT2D eigenvalue weighted by atomic mass is 19.4. The van der Waals surface area contributed by atoms with Gasteiger partial charge < -0.3 is 4.74 Å². The number of rotatable bonds is 3. The Balaban J connectivity index is 3.34. The largest absolute Gasteiger partial charge is 0.469 e. The van der Waals surface area contributed by atoms with Crippen LogP contribution in [0.2, 0.25) is 0 Å². The van der Waals surface area contributed by atoms with E-state index in [1.165, 1.54) is 6.92 Å². The van der Waals surface area contributed by atoms with Crippen molar-refractivity contribution in [2.24, 2.45) is 0 Å². The van der Waals surface area contributed by atoms with E-state index in [-0.39, 0.29) is 5.56 Å². The Morgan fingerprint density at radius 1 is 1.42 bits per heavy atom. The Hall–Kier alpha value is -2.12. The predicted octanol–water partition coefficient (Wildman–Crippen LogP) is 2.89. The van der Waals surface area contributed by atoms with Crippen LogP contribution in [0.1, 0.15) is 24.0 Å². The summed E-state index contributed by atoms with van der Waals surface area (Å²) in [6.45, 7) is 1.35. The summed E-state index contributed by atoms with van der Waals surface area (Å²) in [5, 5.41) is 10.6. The number of alkyl halides is 3. The van der Waals surface area contributed by atoms with E-state index in [4.69, 9.17) is 0 Å². The smallest absolute Gasteiger partial charge is 0.423 e. The van der Waals surface area contributed by atoms with E-state index in [0.717, 1.165) is 19.2 Å². The third-order valence-electron chi connectivity index (χ3n) is 2.58. The molecule has 0 saturated heterocycles. The van der Waals surface area contributed by atoms with Gasteiger partial charge in [-0.05, 0) is 18.6 Å². The molecular formula is C11H10F3NO4. The van der Waals surface area contributed by atoms with Crippen LogP contribution in [0.25, 0.3) is 0 Å². The summed E-state index contributed by atoms with van der Waals surface area (Å²) < 4.78 is 42.6. The molecule has 104 valence electrons. The van der Waals surface area contributed by atoms with Gasteiger partial charge in [0.1, 0.15) is 5.56 Å². The average Bonchev–Trinajstić information content (AvgIpc) is 2.35. The van der Waals surface area contributed by atoms with Crippen molar-refractivity contribution in [3.8, 4) is 0 Å². The molecule has 1 atom stereocenters. The van der Waals surface area contributed by atoms with Crippen molar-refractivity contribution in [3.05, 3.63) is 39.4 Å². The second-order valence-electron chi connectivity index (χ2n) is 3.78. The first-order valence-electron chi connectivity index (χ1n) is 5.11. The molecule has 0 radical (unpaired) electrons. The van der Waals surface area contributed by atoms with Crippen molar-refractivity contribution in [1.29, 1.82) is 0 Å². The first-order chi connectivity index (χ1) is 8.68. The maximum Gasteiger partial charge on any atom is 0.423 e. The van der Waals surface area contributed by atoms with Crippen molar-refractivity contribution >= 4 is 11.7 Å². The van der Waals surface area contributed by atoms with Crippen LogP contribution in [0.3, 0.4) is 0 Å². The minimum absolute atomic E-state index is 0.00442. The summed E-state index contributed by atoms with van der Waals surface area (Å²) in [6, 6.07) is 2.44. The molecule has 0 aliphatic carbocycles. The minimum atomic E-state index is -4.87. The molecule has 1 aromatic carbocycles. The van der Waals surface area contributed by atoms with Crippen LogP contribution in [0, 0.1) is 10.1 Å². The lowest BCUT2D eigenvalue weighted by atomic mass is 9.98. The van der Waals surface area contributed by atoms with Crippen LogP contribution in [0.5, 0.6) is 0 Å². The molecule has 0 fully saturated rings. The third-order valence-corrected chi connectivity index (χ3v) is 2.58. The lowest BCUT2D eigenvalue weighted by Crippen LogP contribution is -2.14. The average molecular weight is 277 g/mol. The maximum absolute atomic E-state index is 12.7. The Kier molecular flexibility index (Phi) is 4.13. The molecule has 0 saturated carbocycles. The van der Waals surface area contributed by atoms with Gasteiger partial charge in [0.05, 0.1) is 18.0 Å². The molecular weight excluding hydrogens is 267 g/mol. The molecule has 0 aliphatic heterocycles. The van der Waals surface area contributed by atoms with E-state index in [2.05, 4.69) is 4.74 Å². The molecule has 0 N–H and O–H groups in total. The number of nitro groups is 1. The van der Waals surface area contributed by atoms with Crippen LogP contribution in [0.4, 0.5) is 18.9 Å². The number of carbonyl (C=O) groups is 1. The fourth-order valence-electron chi connectivity index (χ4n) is 1.52. The number of methoxy groups -OCH3 is 1. The Morgan fingerprint density at radius 2 is 2.00 bits per heavy atom. The van der Waals surface area contributed by atoms with E-state index in [0.29, 0.717) is 6.07 Å². The van der Waals surface area contributed by atoms with Crippen molar-refractivity contribution < 1.29 is 27.6 Å². The van der Waals surface area contributed by atoms with Gasteiger partial charge in [-0.15, -0.1) is 0 Å². The minimum Gasteiger partial charge on any atom is -0.469 e. The normalized spacial score (nSPS) is 12.9. The van der Waals surface area contributed by atoms with Gasteiger partial charge >= 0.3 is 12.1 Å². The van der Waals surface area contributed by atoms with Gasteiger partial charge in [0, 0.05) is 6.07 Å². The third kappa shape index (κ3) is 3.21. The summed E-state index contributed by atoms with van der Waals surface area (Å²) in [5.41, 5.74) is -2.43. The zero-order valence-corrected chi connectivity index (χ0v) is 10.0. The summed E-state index contributed by atoms with van der Waals surface area (Å²) in [5.74, 6) is -1.66. The quantitative estimate of drug-likeness (QED) is 0.484. The van der Waals surface area contributed by atoms with Crippen molar-refractivity contribution in [2.75, 3.05) is 7.11 Å². The Morgan fingerprint density at radius 3 is 2.42 bits per heavy atom. The number of ether oxygens (including phenoxy) is 1. The SMILES string of the molecule is COC(=O)C(C)c1ccc([N+](=O)[O-])c(C(F)(F)F)c1. The van der Waals surface area contributed by atoms with Crippen LogP contribution < -0.4 is 0 Å². The number of halogens is 3. The number of hydrogen-bond acceptors (Lipinski definition) is 4. The molecule has 0 heterocycles. The maximum atomic E-state index is 12.7. The number of esters is 1. The lowest BCUT2D eigenvalue weighted by Gasteiger charge is -2.13. The molecule has 0 amide bonds. The van der Waals surface area contributed by atoms with E-state index in [1.807, 2.05) is 0 Å². The number of carbonyl (C=O) groups excluding carboxylic acids is 1. The fraction of sp³-hybridized carbons (Fsp3) is 0.364. The van der Waals surface area contributed by atoms with E-state index < -0.39 is 34.2 Å². The summed E-state index contributed by atoms with van der Waals surface area (Å²) >= 11 is 0. The van der Waals surface area contributed by atoms with E-state index in [1.54, 1.807) is 0 Å². The molecule has 0 aromatic heterocycles. The van der Waals surface area contributed by atoms with Gasteiger partial charge in [-0.25, -0.2) is 0 Å². The summed E-state index contributed by atoms with van der Waals surface area (Å²) in [7, 11) is 1.11. The molecule has 5 nitrogen and oxygen atoms in total. The van der Waals surface area contributed by atoms with Gasteiger partial charge in [-0.2, -0.15) is 13.2 Å². The van der Waals surface area contributed by atoms with Gasteiger partial charge in [0.25, 0.3) is 5.69 Å². The highest BCUT2D eigenvalue weighted by molar-refractivity contribution is 5.77. The van der Waals surface area contributed by atoms with E-state index >= 15 is 0 Å². The van der Waals surface area contributed by atoms with Crippen molar-refractivity contribution in [3.63, 3.8) is 0 Å². The van der Waals surface area contributed by atoms with Crippen LogP contribution in [-0.2, 0) is 15.7 Å². The van der Waals surface area contributed by atoms with Gasteiger partial charge in [-0.3, -0.25) is 14.9 Å². The van der Waals surface area contributed by atoms with Crippen molar-refractivity contribution in [1.82, 2.24) is 0 Å². The molecule has 1 aromatic rings. The molecule has 1 rings (SSSR count). The van der Waals surface area contributed by atoms with Crippen LogP contribution in [-0.4, -0.2) is 18.0 Å².